The van der Waals surface area contributed by atoms with Crippen LogP contribution in [-0.4, -0.2) is 36.9 Å². The molecule has 3 N–H and O–H groups in total. The van der Waals surface area contributed by atoms with Gasteiger partial charge in [0, 0.05) is 16.8 Å². The summed E-state index contributed by atoms with van der Waals surface area (Å²) in [6.45, 7) is 1.71. The topological polar surface area (TPSA) is 130 Å². The Kier molecular flexibility index (Phi) is 7.78. The summed E-state index contributed by atoms with van der Waals surface area (Å²) >= 11 is 6.92. The van der Waals surface area contributed by atoms with Crippen molar-refractivity contribution in [1.82, 2.24) is 5.16 Å². The Labute approximate surface area is 193 Å². The van der Waals surface area contributed by atoms with Gasteiger partial charge in [0.15, 0.2) is 5.82 Å². The lowest BCUT2D eigenvalue weighted by Gasteiger charge is -2.10. The van der Waals surface area contributed by atoms with Crippen LogP contribution in [0, 0.1) is 6.92 Å². The number of thioether (sulfide) groups is 1. The largest absolute Gasteiger partial charge is 0.360 e. The Hall–Kier alpha value is -3.02. The second-order valence-electron chi connectivity index (χ2n) is 6.55. The molecule has 12 heteroatoms. The minimum Gasteiger partial charge on any atom is -0.360 e. The number of hydrogen-bond acceptors (Lipinski definition) is 7. The van der Waals surface area contributed by atoms with E-state index in [1.54, 1.807) is 31.2 Å². The molecular formula is C20H19ClN4O5S2. The Balaban J connectivity index is 1.50. The molecule has 168 valence electrons. The van der Waals surface area contributed by atoms with Gasteiger partial charge in [0.25, 0.3) is 10.0 Å². The zero-order valence-electron chi connectivity index (χ0n) is 16.8. The molecule has 1 aromatic heterocycles. The smallest absolute Gasteiger partial charge is 0.261 e. The van der Waals surface area contributed by atoms with Crippen LogP contribution in [0.2, 0.25) is 5.02 Å². The van der Waals surface area contributed by atoms with Crippen LogP contribution >= 0.6 is 23.4 Å². The molecule has 0 saturated carbocycles. The summed E-state index contributed by atoms with van der Waals surface area (Å²) in [5.41, 5.74) is 0.696. The average molecular weight is 495 g/mol. The number of anilines is 3. The van der Waals surface area contributed by atoms with Crippen molar-refractivity contribution in [1.29, 1.82) is 0 Å². The van der Waals surface area contributed by atoms with Crippen LogP contribution in [0.4, 0.5) is 17.2 Å². The summed E-state index contributed by atoms with van der Waals surface area (Å²) in [5, 5.41) is 9.32. The van der Waals surface area contributed by atoms with Crippen molar-refractivity contribution in [3.63, 3.8) is 0 Å². The number of aryl methyl sites for hydroxylation is 1. The van der Waals surface area contributed by atoms with Crippen LogP contribution in [0.25, 0.3) is 0 Å². The molecule has 2 aromatic carbocycles. The van der Waals surface area contributed by atoms with E-state index in [4.69, 9.17) is 16.1 Å². The van der Waals surface area contributed by atoms with E-state index in [0.717, 1.165) is 11.8 Å². The molecule has 2 amide bonds. The standard InChI is InChI=1S/C20H19ClN4O5S2/c1-13-9-18(24-30-13)23-20(27)12-31-11-19(26)22-15-3-2-4-16(10-15)25-32(28,29)17-7-5-14(21)6-8-17/h2-10,25H,11-12H2,1H3,(H,22,26)(H,23,24,27). The highest BCUT2D eigenvalue weighted by molar-refractivity contribution is 8.00. The van der Waals surface area contributed by atoms with Gasteiger partial charge in [-0.15, -0.1) is 11.8 Å². The normalized spacial score (nSPS) is 11.1. The first kappa shape index (κ1) is 23.6. The maximum Gasteiger partial charge on any atom is 0.261 e. The highest BCUT2D eigenvalue weighted by atomic mass is 35.5. The van der Waals surface area contributed by atoms with Gasteiger partial charge >= 0.3 is 0 Å². The molecule has 0 aliphatic carbocycles. The number of hydrogen-bond donors (Lipinski definition) is 3. The van der Waals surface area contributed by atoms with Gasteiger partial charge in [-0.05, 0) is 49.4 Å². The summed E-state index contributed by atoms with van der Waals surface area (Å²) in [5.74, 6) is 0.333. The zero-order valence-corrected chi connectivity index (χ0v) is 19.2. The summed E-state index contributed by atoms with van der Waals surface area (Å²) in [4.78, 5) is 24.1. The van der Waals surface area contributed by atoms with E-state index in [1.807, 2.05) is 0 Å². The van der Waals surface area contributed by atoms with Gasteiger partial charge in [0.2, 0.25) is 11.8 Å². The highest BCUT2D eigenvalue weighted by Gasteiger charge is 2.14. The summed E-state index contributed by atoms with van der Waals surface area (Å²) in [7, 11) is -3.81. The number of sulfonamides is 1. The van der Waals surface area contributed by atoms with Gasteiger partial charge in [0.05, 0.1) is 22.1 Å². The van der Waals surface area contributed by atoms with Gasteiger partial charge in [-0.25, -0.2) is 8.42 Å². The van der Waals surface area contributed by atoms with Gasteiger partial charge in [-0.3, -0.25) is 14.3 Å². The fraction of sp³-hybridized carbons (Fsp3) is 0.150. The average Bonchev–Trinajstić information content (AvgIpc) is 3.12. The molecular weight excluding hydrogens is 476 g/mol. The van der Waals surface area contributed by atoms with Crippen molar-refractivity contribution in [2.45, 2.75) is 11.8 Å². The van der Waals surface area contributed by atoms with Gasteiger partial charge < -0.3 is 15.2 Å². The fourth-order valence-electron chi connectivity index (χ4n) is 2.53. The van der Waals surface area contributed by atoms with E-state index in [-0.39, 0.29) is 33.9 Å². The van der Waals surface area contributed by atoms with E-state index in [2.05, 4.69) is 20.5 Å². The number of nitrogens with zero attached hydrogens (tertiary/aromatic N) is 1. The molecule has 0 fully saturated rings. The van der Waals surface area contributed by atoms with Crippen molar-refractivity contribution in [3.8, 4) is 0 Å². The van der Waals surface area contributed by atoms with Crippen molar-refractivity contribution >= 4 is 62.4 Å². The summed E-state index contributed by atoms with van der Waals surface area (Å²) in [6, 6.07) is 13.6. The maximum atomic E-state index is 12.5. The van der Waals surface area contributed by atoms with Gasteiger partial charge in [-0.1, -0.05) is 22.8 Å². The molecule has 0 saturated heterocycles. The third kappa shape index (κ3) is 7.01. The number of carbonyl (C=O) groups is 2. The van der Waals surface area contributed by atoms with Crippen LogP contribution in [-0.2, 0) is 19.6 Å². The Morgan fingerprint density at radius 2 is 1.66 bits per heavy atom. The van der Waals surface area contributed by atoms with Crippen molar-refractivity contribution in [3.05, 3.63) is 65.4 Å². The first-order valence-electron chi connectivity index (χ1n) is 9.20. The number of halogens is 1. The first-order chi connectivity index (χ1) is 15.2. The molecule has 0 spiro atoms. The second kappa shape index (κ2) is 10.5. The fourth-order valence-corrected chi connectivity index (χ4v) is 4.32. The summed E-state index contributed by atoms with van der Waals surface area (Å²) in [6.07, 6.45) is 0. The monoisotopic (exact) mass is 494 g/mol. The number of amides is 2. The lowest BCUT2D eigenvalue weighted by molar-refractivity contribution is -0.114. The van der Waals surface area contributed by atoms with Gasteiger partial charge in [0.1, 0.15) is 5.76 Å². The van der Waals surface area contributed by atoms with Crippen LogP contribution in [0.15, 0.2) is 64.0 Å². The number of carbonyl (C=O) groups excluding carboxylic acids is 2. The lowest BCUT2D eigenvalue weighted by atomic mass is 10.3. The van der Waals surface area contributed by atoms with E-state index in [0.29, 0.717) is 22.3 Å². The van der Waals surface area contributed by atoms with E-state index in [9.17, 15) is 18.0 Å². The quantitative estimate of drug-likeness (QED) is 0.413. The minimum atomic E-state index is -3.81. The molecule has 0 aliphatic rings. The zero-order chi connectivity index (χ0) is 23.1. The Bertz CT molecular complexity index is 1210. The van der Waals surface area contributed by atoms with Crippen LogP contribution < -0.4 is 15.4 Å². The highest BCUT2D eigenvalue weighted by Crippen LogP contribution is 2.21. The second-order valence-corrected chi connectivity index (χ2v) is 9.66. The molecule has 32 heavy (non-hydrogen) atoms. The molecule has 3 aromatic rings. The van der Waals surface area contributed by atoms with Crippen LogP contribution in [0.1, 0.15) is 5.76 Å². The van der Waals surface area contributed by atoms with Crippen LogP contribution in [0.3, 0.4) is 0 Å². The molecule has 3 rings (SSSR count). The van der Waals surface area contributed by atoms with E-state index >= 15 is 0 Å². The van der Waals surface area contributed by atoms with Crippen molar-refractivity contribution < 1.29 is 22.5 Å². The number of rotatable bonds is 9. The summed E-state index contributed by atoms with van der Waals surface area (Å²) < 4.78 is 32.3. The lowest BCUT2D eigenvalue weighted by Crippen LogP contribution is -2.18. The maximum absolute atomic E-state index is 12.5. The predicted molar refractivity (Wildman–Crippen MR) is 125 cm³/mol. The first-order valence-corrected chi connectivity index (χ1v) is 12.2. The number of benzene rings is 2. The Morgan fingerprint density at radius 3 is 2.31 bits per heavy atom. The molecule has 0 bridgehead atoms. The van der Waals surface area contributed by atoms with Crippen molar-refractivity contribution in [2.24, 2.45) is 0 Å². The molecule has 1 heterocycles. The van der Waals surface area contributed by atoms with Gasteiger partial charge in [-0.2, -0.15) is 0 Å². The molecule has 9 nitrogen and oxygen atoms in total. The molecule has 0 aliphatic heterocycles. The molecule has 0 radical (unpaired) electrons. The Morgan fingerprint density at radius 1 is 1.00 bits per heavy atom. The third-order valence-corrected chi connectivity index (χ3v) is 6.47. The molecule has 0 unspecified atom stereocenters. The third-order valence-electron chi connectivity index (χ3n) is 3.88. The van der Waals surface area contributed by atoms with Crippen LogP contribution in [0.5, 0.6) is 0 Å². The number of aromatic nitrogens is 1. The minimum absolute atomic E-state index is 0.0337. The SMILES string of the molecule is Cc1cc(NC(=O)CSCC(=O)Nc2cccc(NS(=O)(=O)c3ccc(Cl)cc3)c2)no1. The molecule has 0 atom stereocenters. The number of nitrogens with one attached hydrogen (secondary N) is 3. The van der Waals surface area contributed by atoms with E-state index in [1.165, 1.54) is 30.3 Å². The van der Waals surface area contributed by atoms with E-state index < -0.39 is 10.0 Å². The van der Waals surface area contributed by atoms with Crippen molar-refractivity contribution in [2.75, 3.05) is 26.9 Å². The predicted octanol–water partition coefficient (Wildman–Crippen LogP) is 3.75.